The Bertz CT molecular complexity index is 458. The van der Waals surface area contributed by atoms with Crippen molar-refractivity contribution in [1.29, 1.82) is 0 Å². The van der Waals surface area contributed by atoms with Crippen molar-refractivity contribution in [2.24, 2.45) is 5.41 Å². The number of piperidine rings is 1. The topological polar surface area (TPSA) is 32.7 Å². The summed E-state index contributed by atoms with van der Waals surface area (Å²) in [6.45, 7) is 4.41. The highest BCUT2D eigenvalue weighted by molar-refractivity contribution is 5.14. The first-order chi connectivity index (χ1) is 11.3. The Morgan fingerprint density at radius 1 is 1.17 bits per heavy atom. The summed E-state index contributed by atoms with van der Waals surface area (Å²) in [6.07, 6.45) is 8.16. The standard InChI is InChI=1S/C20H31NO2/c22-17-20(11-4-8-18-6-2-1-3-7-18)12-5-13-21(16-20)19-9-14-23-15-10-19/h1-3,6-7,19,22H,4-5,8-17H2. The number of benzene rings is 1. The molecule has 0 spiro atoms. The average Bonchev–Trinajstić information content (AvgIpc) is 2.63. The number of aryl methyl sites for hydroxylation is 1. The summed E-state index contributed by atoms with van der Waals surface area (Å²) in [6, 6.07) is 11.4. The van der Waals surface area contributed by atoms with E-state index in [-0.39, 0.29) is 5.41 Å². The van der Waals surface area contributed by atoms with Gasteiger partial charge in [0.05, 0.1) is 0 Å². The molecule has 3 heteroatoms. The van der Waals surface area contributed by atoms with Gasteiger partial charge in [-0.05, 0) is 57.1 Å². The van der Waals surface area contributed by atoms with Gasteiger partial charge in [-0.15, -0.1) is 0 Å². The zero-order valence-electron chi connectivity index (χ0n) is 14.3. The van der Waals surface area contributed by atoms with Crippen molar-refractivity contribution < 1.29 is 9.84 Å². The Hall–Kier alpha value is -0.900. The molecule has 0 bridgehead atoms. The van der Waals surface area contributed by atoms with Gasteiger partial charge < -0.3 is 9.84 Å². The van der Waals surface area contributed by atoms with Crippen molar-refractivity contribution >= 4 is 0 Å². The lowest BCUT2D eigenvalue weighted by Gasteiger charge is -2.46. The minimum atomic E-state index is 0.116. The Balaban J connectivity index is 1.54. The Morgan fingerprint density at radius 2 is 1.96 bits per heavy atom. The molecule has 0 aliphatic carbocycles. The molecule has 1 N–H and O–H groups in total. The fraction of sp³-hybridized carbons (Fsp3) is 0.700. The average molecular weight is 317 g/mol. The van der Waals surface area contributed by atoms with Gasteiger partial charge >= 0.3 is 0 Å². The highest BCUT2D eigenvalue weighted by Crippen LogP contribution is 2.36. The lowest BCUT2D eigenvalue weighted by atomic mass is 9.75. The maximum Gasteiger partial charge on any atom is 0.0499 e. The largest absolute Gasteiger partial charge is 0.396 e. The van der Waals surface area contributed by atoms with E-state index in [1.54, 1.807) is 0 Å². The number of hydrogen-bond acceptors (Lipinski definition) is 3. The first kappa shape index (κ1) is 16.9. The van der Waals surface area contributed by atoms with Crippen molar-refractivity contribution in [2.45, 2.75) is 51.0 Å². The van der Waals surface area contributed by atoms with Crippen LogP contribution in [0.4, 0.5) is 0 Å². The number of aliphatic hydroxyl groups excluding tert-OH is 1. The minimum absolute atomic E-state index is 0.116. The molecule has 2 saturated heterocycles. The van der Waals surface area contributed by atoms with Gasteiger partial charge in [0, 0.05) is 37.8 Å². The van der Waals surface area contributed by atoms with Crippen molar-refractivity contribution in [2.75, 3.05) is 32.9 Å². The molecule has 3 rings (SSSR count). The molecule has 2 aliphatic heterocycles. The van der Waals surface area contributed by atoms with E-state index in [9.17, 15) is 5.11 Å². The van der Waals surface area contributed by atoms with Crippen LogP contribution in [0, 0.1) is 5.41 Å². The maximum atomic E-state index is 10.1. The van der Waals surface area contributed by atoms with Gasteiger partial charge in [-0.3, -0.25) is 4.90 Å². The second-order valence-electron chi connectivity index (χ2n) is 7.41. The SMILES string of the molecule is OCC1(CCCc2ccccc2)CCCN(C2CCOCC2)C1. The molecule has 1 aromatic rings. The molecule has 2 aliphatic rings. The first-order valence-corrected chi connectivity index (χ1v) is 9.28. The molecular weight excluding hydrogens is 286 g/mol. The number of hydrogen-bond donors (Lipinski definition) is 1. The lowest BCUT2D eigenvalue weighted by molar-refractivity contribution is -0.0268. The van der Waals surface area contributed by atoms with Crippen molar-refractivity contribution in [3.63, 3.8) is 0 Å². The smallest absolute Gasteiger partial charge is 0.0499 e. The predicted molar refractivity (Wildman–Crippen MR) is 93.5 cm³/mol. The van der Waals surface area contributed by atoms with Crippen LogP contribution in [0.3, 0.4) is 0 Å². The van der Waals surface area contributed by atoms with Gasteiger partial charge in [0.2, 0.25) is 0 Å². The van der Waals surface area contributed by atoms with E-state index in [1.165, 1.54) is 31.4 Å². The number of rotatable bonds is 6. The van der Waals surface area contributed by atoms with E-state index < -0.39 is 0 Å². The molecule has 0 radical (unpaired) electrons. The highest BCUT2D eigenvalue weighted by atomic mass is 16.5. The van der Waals surface area contributed by atoms with Crippen molar-refractivity contribution in [3.05, 3.63) is 35.9 Å². The van der Waals surface area contributed by atoms with Crippen LogP contribution in [0.5, 0.6) is 0 Å². The summed E-state index contributed by atoms with van der Waals surface area (Å²) in [4.78, 5) is 2.64. The molecule has 3 nitrogen and oxygen atoms in total. The van der Waals surface area contributed by atoms with Gasteiger partial charge in [-0.25, -0.2) is 0 Å². The monoisotopic (exact) mass is 317 g/mol. The molecule has 0 saturated carbocycles. The van der Waals surface area contributed by atoms with Crippen LogP contribution in [0.15, 0.2) is 30.3 Å². The van der Waals surface area contributed by atoms with E-state index >= 15 is 0 Å². The summed E-state index contributed by atoms with van der Waals surface area (Å²) in [7, 11) is 0. The zero-order valence-corrected chi connectivity index (χ0v) is 14.3. The van der Waals surface area contributed by atoms with Crippen LogP contribution in [0.25, 0.3) is 0 Å². The van der Waals surface area contributed by atoms with Crippen LogP contribution in [-0.2, 0) is 11.2 Å². The predicted octanol–water partition coefficient (Wildman–Crippen LogP) is 3.26. The number of aliphatic hydroxyl groups is 1. The van der Waals surface area contributed by atoms with Crippen LogP contribution in [0.2, 0.25) is 0 Å². The van der Waals surface area contributed by atoms with E-state index in [0.717, 1.165) is 45.4 Å². The quantitative estimate of drug-likeness (QED) is 0.874. The summed E-state index contributed by atoms with van der Waals surface area (Å²) >= 11 is 0. The lowest BCUT2D eigenvalue weighted by Crippen LogP contribution is -2.51. The van der Waals surface area contributed by atoms with Gasteiger partial charge in [-0.1, -0.05) is 30.3 Å². The molecule has 0 aromatic heterocycles. The Labute approximate surface area is 140 Å². The van der Waals surface area contributed by atoms with Gasteiger partial charge in [-0.2, -0.15) is 0 Å². The second-order valence-corrected chi connectivity index (χ2v) is 7.41. The fourth-order valence-corrected chi connectivity index (χ4v) is 4.33. The molecule has 128 valence electrons. The molecule has 1 aromatic carbocycles. The van der Waals surface area contributed by atoms with E-state index in [1.807, 2.05) is 0 Å². The summed E-state index contributed by atoms with van der Waals surface area (Å²) < 4.78 is 5.51. The normalized spacial score (nSPS) is 27.2. The minimum Gasteiger partial charge on any atom is -0.396 e. The maximum absolute atomic E-state index is 10.1. The van der Waals surface area contributed by atoms with Crippen molar-refractivity contribution in [1.82, 2.24) is 4.90 Å². The summed E-state index contributed by atoms with van der Waals surface area (Å²) in [5, 5.41) is 10.1. The van der Waals surface area contributed by atoms with E-state index in [2.05, 4.69) is 35.2 Å². The van der Waals surface area contributed by atoms with Crippen LogP contribution < -0.4 is 0 Å². The molecular formula is C20H31NO2. The van der Waals surface area contributed by atoms with Gasteiger partial charge in [0.15, 0.2) is 0 Å². The van der Waals surface area contributed by atoms with Crippen LogP contribution in [0.1, 0.15) is 44.1 Å². The van der Waals surface area contributed by atoms with Crippen LogP contribution in [-0.4, -0.2) is 49.0 Å². The number of ether oxygens (including phenoxy) is 1. The second kappa shape index (κ2) is 8.27. The fourth-order valence-electron chi connectivity index (χ4n) is 4.33. The molecule has 0 amide bonds. The molecule has 2 heterocycles. The Kier molecular flexibility index (Phi) is 6.09. The third-order valence-electron chi connectivity index (χ3n) is 5.75. The first-order valence-electron chi connectivity index (χ1n) is 9.28. The highest BCUT2D eigenvalue weighted by Gasteiger charge is 2.37. The van der Waals surface area contributed by atoms with Gasteiger partial charge in [0.1, 0.15) is 0 Å². The van der Waals surface area contributed by atoms with Crippen molar-refractivity contribution in [3.8, 4) is 0 Å². The zero-order chi connectivity index (χ0) is 16.0. The number of likely N-dealkylation sites (tertiary alicyclic amines) is 1. The molecule has 23 heavy (non-hydrogen) atoms. The Morgan fingerprint density at radius 3 is 2.70 bits per heavy atom. The molecule has 1 atom stereocenters. The third-order valence-corrected chi connectivity index (χ3v) is 5.75. The molecule has 2 fully saturated rings. The van der Waals surface area contributed by atoms with E-state index in [0.29, 0.717) is 12.6 Å². The van der Waals surface area contributed by atoms with Crippen LogP contribution >= 0.6 is 0 Å². The summed E-state index contributed by atoms with van der Waals surface area (Å²) in [5.74, 6) is 0. The van der Waals surface area contributed by atoms with E-state index in [4.69, 9.17) is 4.74 Å². The number of nitrogens with zero attached hydrogens (tertiary/aromatic N) is 1. The van der Waals surface area contributed by atoms with Gasteiger partial charge in [0.25, 0.3) is 0 Å². The third kappa shape index (κ3) is 4.56. The summed E-state index contributed by atoms with van der Waals surface area (Å²) in [5.41, 5.74) is 1.53. The molecule has 1 unspecified atom stereocenters.